The Hall–Kier alpha value is -1.24. The van der Waals surface area contributed by atoms with Gasteiger partial charge in [0.2, 0.25) is 0 Å². The van der Waals surface area contributed by atoms with Gasteiger partial charge in [-0.15, -0.1) is 0 Å². The first-order valence-corrected chi connectivity index (χ1v) is 5.17. The minimum absolute atomic E-state index is 0.739. The van der Waals surface area contributed by atoms with Crippen LogP contribution in [0.5, 0.6) is 0 Å². The summed E-state index contributed by atoms with van der Waals surface area (Å²) < 4.78 is 0. The lowest BCUT2D eigenvalue weighted by atomic mass is 10.1. The summed E-state index contributed by atoms with van der Waals surface area (Å²) in [6.45, 7) is 6.27. The van der Waals surface area contributed by atoms with Crippen molar-refractivity contribution in [3.8, 4) is 0 Å². The van der Waals surface area contributed by atoms with Crippen molar-refractivity contribution in [1.82, 2.24) is 4.90 Å². The molecule has 1 aliphatic rings. The van der Waals surface area contributed by atoms with Gasteiger partial charge in [-0.25, -0.2) is 0 Å². The van der Waals surface area contributed by atoms with Crippen LogP contribution < -0.4 is 0 Å². The second-order valence-corrected chi connectivity index (χ2v) is 4.16. The van der Waals surface area contributed by atoms with E-state index in [1.54, 1.807) is 0 Å². The van der Waals surface area contributed by atoms with Gasteiger partial charge < -0.3 is 4.90 Å². The molecule has 0 saturated heterocycles. The number of hydrogen-bond donors (Lipinski definition) is 0. The lowest BCUT2D eigenvalue weighted by Crippen LogP contribution is -2.18. The molecule has 1 aliphatic carbocycles. The first-order chi connectivity index (χ1) is 6.68. The summed E-state index contributed by atoms with van der Waals surface area (Å²) in [4.78, 5) is 2.30. The largest absolute Gasteiger partial charge is 0.372 e. The van der Waals surface area contributed by atoms with Crippen molar-refractivity contribution in [2.24, 2.45) is 0 Å². The third kappa shape index (κ3) is 1.82. The van der Waals surface area contributed by atoms with E-state index in [2.05, 4.69) is 49.7 Å². The van der Waals surface area contributed by atoms with E-state index >= 15 is 0 Å². The predicted octanol–water partition coefficient (Wildman–Crippen LogP) is 3.06. The molecule has 74 valence electrons. The third-order valence-corrected chi connectivity index (χ3v) is 2.87. The summed E-state index contributed by atoms with van der Waals surface area (Å²) >= 11 is 0. The highest BCUT2D eigenvalue weighted by Gasteiger charge is 2.27. The molecule has 2 rings (SSSR count). The highest BCUT2D eigenvalue weighted by atomic mass is 15.2. The van der Waals surface area contributed by atoms with Gasteiger partial charge in [-0.1, -0.05) is 30.3 Å². The molecular weight excluding hydrogens is 170 g/mol. The maximum Gasteiger partial charge on any atom is 0.0366 e. The molecule has 0 radical (unpaired) electrons. The van der Waals surface area contributed by atoms with Gasteiger partial charge in [0, 0.05) is 18.8 Å². The smallest absolute Gasteiger partial charge is 0.0366 e. The predicted molar refractivity (Wildman–Crippen MR) is 61.0 cm³/mol. The van der Waals surface area contributed by atoms with E-state index in [1.165, 1.54) is 24.0 Å². The Bertz CT molecular complexity index is 350. The minimum Gasteiger partial charge on any atom is -0.372 e. The Morgan fingerprint density at radius 1 is 1.43 bits per heavy atom. The molecule has 0 bridgehead atoms. The van der Waals surface area contributed by atoms with E-state index in [4.69, 9.17) is 0 Å². The molecule has 0 amide bonds. The maximum atomic E-state index is 4.15. The van der Waals surface area contributed by atoms with Gasteiger partial charge in [-0.3, -0.25) is 0 Å². The molecule has 0 aliphatic heterocycles. The zero-order valence-corrected chi connectivity index (χ0v) is 8.96. The quantitative estimate of drug-likeness (QED) is 0.703. The summed E-state index contributed by atoms with van der Waals surface area (Å²) in [5, 5.41) is 0. The van der Waals surface area contributed by atoms with Crippen LogP contribution in [0.2, 0.25) is 0 Å². The van der Waals surface area contributed by atoms with E-state index in [-0.39, 0.29) is 0 Å². The van der Waals surface area contributed by atoms with E-state index in [0.717, 1.165) is 11.7 Å². The van der Waals surface area contributed by atoms with Gasteiger partial charge in [0.15, 0.2) is 0 Å². The molecule has 1 heteroatoms. The fourth-order valence-corrected chi connectivity index (χ4v) is 1.71. The van der Waals surface area contributed by atoms with Crippen LogP contribution in [-0.2, 0) is 0 Å². The van der Waals surface area contributed by atoms with Crippen molar-refractivity contribution in [2.75, 3.05) is 7.05 Å². The molecule has 1 aromatic rings. The van der Waals surface area contributed by atoms with Crippen molar-refractivity contribution < 1.29 is 0 Å². The molecule has 14 heavy (non-hydrogen) atoms. The van der Waals surface area contributed by atoms with Crippen LogP contribution in [0.1, 0.15) is 24.0 Å². The lowest BCUT2D eigenvalue weighted by molar-refractivity contribution is 0.472. The highest BCUT2D eigenvalue weighted by molar-refractivity contribution is 5.62. The van der Waals surface area contributed by atoms with Crippen LogP contribution >= 0.6 is 0 Å². The zero-order chi connectivity index (χ0) is 10.1. The summed E-state index contributed by atoms with van der Waals surface area (Å²) in [7, 11) is 2.14. The Morgan fingerprint density at radius 2 is 2.14 bits per heavy atom. The number of rotatable bonds is 3. The van der Waals surface area contributed by atoms with Crippen LogP contribution in [0.4, 0.5) is 0 Å². The molecular formula is C13H17N. The normalized spacial score (nSPS) is 15.3. The second-order valence-electron chi connectivity index (χ2n) is 4.16. The summed E-state index contributed by atoms with van der Waals surface area (Å²) in [5.41, 5.74) is 3.70. The van der Waals surface area contributed by atoms with E-state index in [0.29, 0.717) is 0 Å². The van der Waals surface area contributed by atoms with Crippen molar-refractivity contribution in [1.29, 1.82) is 0 Å². The van der Waals surface area contributed by atoms with E-state index in [9.17, 15) is 0 Å². The van der Waals surface area contributed by atoms with Crippen molar-refractivity contribution in [3.63, 3.8) is 0 Å². The molecule has 1 aromatic carbocycles. The number of hydrogen-bond acceptors (Lipinski definition) is 1. The van der Waals surface area contributed by atoms with Gasteiger partial charge >= 0.3 is 0 Å². The summed E-state index contributed by atoms with van der Waals surface area (Å²) in [5.74, 6) is 0. The lowest BCUT2D eigenvalue weighted by Gasteiger charge is -2.21. The molecule has 0 unspecified atom stereocenters. The number of benzene rings is 1. The molecule has 0 aromatic heterocycles. The highest BCUT2D eigenvalue weighted by Crippen LogP contribution is 2.31. The topological polar surface area (TPSA) is 3.24 Å². The van der Waals surface area contributed by atoms with Crippen LogP contribution in [0.15, 0.2) is 30.8 Å². The molecule has 1 nitrogen and oxygen atoms in total. The van der Waals surface area contributed by atoms with Crippen molar-refractivity contribution >= 4 is 5.70 Å². The number of aryl methyl sites for hydroxylation is 1. The van der Waals surface area contributed by atoms with Crippen LogP contribution in [-0.4, -0.2) is 18.0 Å². The van der Waals surface area contributed by atoms with Gasteiger partial charge in [-0.2, -0.15) is 0 Å². The average Bonchev–Trinajstić information content (AvgIpc) is 2.99. The minimum atomic E-state index is 0.739. The van der Waals surface area contributed by atoms with Crippen molar-refractivity contribution in [3.05, 3.63) is 42.0 Å². The van der Waals surface area contributed by atoms with E-state index in [1.807, 2.05) is 0 Å². The standard InChI is InChI=1S/C13H17N/c1-10-5-4-6-12(9-10)11(2)14(3)13-7-8-13/h4-6,9,13H,2,7-8H2,1,3H3. The molecule has 0 heterocycles. The average molecular weight is 187 g/mol. The fraction of sp³-hybridized carbons (Fsp3) is 0.385. The number of nitrogens with zero attached hydrogens (tertiary/aromatic N) is 1. The Kier molecular flexibility index (Phi) is 2.32. The Morgan fingerprint density at radius 3 is 2.71 bits per heavy atom. The van der Waals surface area contributed by atoms with Gasteiger partial charge in [0.25, 0.3) is 0 Å². The van der Waals surface area contributed by atoms with Crippen LogP contribution in [0, 0.1) is 6.92 Å². The monoisotopic (exact) mass is 187 g/mol. The maximum absolute atomic E-state index is 4.15. The zero-order valence-electron chi connectivity index (χ0n) is 8.96. The first-order valence-electron chi connectivity index (χ1n) is 5.17. The molecule has 1 fully saturated rings. The molecule has 0 atom stereocenters. The van der Waals surface area contributed by atoms with Gasteiger partial charge in [0.1, 0.15) is 0 Å². The van der Waals surface area contributed by atoms with Crippen LogP contribution in [0.25, 0.3) is 5.70 Å². The fourth-order valence-electron chi connectivity index (χ4n) is 1.71. The Labute approximate surface area is 86.1 Å². The summed E-state index contributed by atoms with van der Waals surface area (Å²) in [6, 6.07) is 9.28. The molecule has 0 N–H and O–H groups in total. The Balaban J connectivity index is 2.17. The van der Waals surface area contributed by atoms with Gasteiger partial charge in [-0.05, 0) is 31.4 Å². The molecule has 1 saturated carbocycles. The SMILES string of the molecule is C=C(c1cccc(C)c1)N(C)C1CC1. The molecule has 0 spiro atoms. The van der Waals surface area contributed by atoms with E-state index < -0.39 is 0 Å². The third-order valence-electron chi connectivity index (χ3n) is 2.87. The van der Waals surface area contributed by atoms with Crippen molar-refractivity contribution in [2.45, 2.75) is 25.8 Å². The van der Waals surface area contributed by atoms with Gasteiger partial charge in [0.05, 0.1) is 0 Å². The van der Waals surface area contributed by atoms with Crippen LogP contribution in [0.3, 0.4) is 0 Å². The first kappa shape index (κ1) is 9.32. The summed E-state index contributed by atoms with van der Waals surface area (Å²) in [6.07, 6.45) is 2.64. The second kappa shape index (κ2) is 3.49.